The number of anilines is 1. The van der Waals surface area contributed by atoms with Gasteiger partial charge in [-0.3, -0.25) is 14.9 Å². The largest absolute Gasteiger partial charge is 0.452 e. The predicted octanol–water partition coefficient (Wildman–Crippen LogP) is 3.15. The number of hydrogen-bond donors (Lipinski definition) is 1. The van der Waals surface area contributed by atoms with E-state index in [1.165, 1.54) is 18.2 Å². The third-order valence-corrected chi connectivity index (χ3v) is 3.32. The molecule has 2 aromatic rings. The molecule has 0 saturated heterocycles. The Kier molecular flexibility index (Phi) is 5.42. The zero-order valence-electron chi connectivity index (χ0n) is 11.7. The molecular weight excluding hydrogens is 368 g/mol. The first-order valence-corrected chi connectivity index (χ1v) is 7.22. The molecule has 0 fully saturated rings. The number of nitro groups is 1. The fourth-order valence-electron chi connectivity index (χ4n) is 1.73. The van der Waals surface area contributed by atoms with Crippen molar-refractivity contribution < 1.29 is 19.2 Å². The van der Waals surface area contributed by atoms with Crippen molar-refractivity contribution in [3.8, 4) is 0 Å². The summed E-state index contributed by atoms with van der Waals surface area (Å²) in [5.41, 5.74) is 0.106. The van der Waals surface area contributed by atoms with E-state index in [0.717, 1.165) is 4.47 Å². The molecule has 0 aliphatic heterocycles. The van der Waals surface area contributed by atoms with Gasteiger partial charge < -0.3 is 10.1 Å². The second kappa shape index (κ2) is 7.50. The van der Waals surface area contributed by atoms with Gasteiger partial charge in [-0.2, -0.15) is 0 Å². The van der Waals surface area contributed by atoms with Gasteiger partial charge in [0.15, 0.2) is 6.61 Å². The highest BCUT2D eigenvalue weighted by molar-refractivity contribution is 9.10. The molecule has 8 heteroatoms. The van der Waals surface area contributed by atoms with E-state index in [1.807, 2.05) is 0 Å². The second-order valence-electron chi connectivity index (χ2n) is 4.41. The second-order valence-corrected chi connectivity index (χ2v) is 5.32. The first-order valence-electron chi connectivity index (χ1n) is 6.43. The Morgan fingerprint density at radius 1 is 1.13 bits per heavy atom. The summed E-state index contributed by atoms with van der Waals surface area (Å²) >= 11 is 3.24. The highest BCUT2D eigenvalue weighted by atomic mass is 79.9. The van der Waals surface area contributed by atoms with E-state index in [9.17, 15) is 19.7 Å². The highest BCUT2D eigenvalue weighted by Gasteiger charge is 2.16. The molecule has 1 N–H and O–H groups in total. The van der Waals surface area contributed by atoms with E-state index in [4.69, 9.17) is 4.74 Å². The summed E-state index contributed by atoms with van der Waals surface area (Å²) in [5.74, 6) is -1.32. The lowest BCUT2D eigenvalue weighted by molar-refractivity contribution is -0.383. The van der Waals surface area contributed by atoms with Crippen LogP contribution in [0.3, 0.4) is 0 Å². The van der Waals surface area contributed by atoms with Gasteiger partial charge in [0.2, 0.25) is 0 Å². The van der Waals surface area contributed by atoms with Gasteiger partial charge in [-0.05, 0) is 30.3 Å². The summed E-state index contributed by atoms with van der Waals surface area (Å²) in [4.78, 5) is 33.8. The molecule has 2 rings (SSSR count). The molecule has 1 amide bonds. The first kappa shape index (κ1) is 16.6. The summed E-state index contributed by atoms with van der Waals surface area (Å²) in [5, 5.41) is 13.2. The Morgan fingerprint density at radius 3 is 2.43 bits per heavy atom. The van der Waals surface area contributed by atoms with Crippen molar-refractivity contribution in [3.05, 3.63) is 68.7 Å². The van der Waals surface area contributed by atoms with Gasteiger partial charge in [-0.15, -0.1) is 0 Å². The van der Waals surface area contributed by atoms with Crippen molar-refractivity contribution in [2.75, 3.05) is 11.9 Å². The number of para-hydroxylation sites is 2. The van der Waals surface area contributed by atoms with Crippen molar-refractivity contribution in [1.29, 1.82) is 0 Å². The van der Waals surface area contributed by atoms with Crippen molar-refractivity contribution in [1.82, 2.24) is 0 Å². The first-order chi connectivity index (χ1) is 11.0. The van der Waals surface area contributed by atoms with Gasteiger partial charge in [0.25, 0.3) is 11.6 Å². The van der Waals surface area contributed by atoms with Gasteiger partial charge in [0.05, 0.1) is 10.5 Å². The molecule has 118 valence electrons. The van der Waals surface area contributed by atoms with Crippen molar-refractivity contribution >= 4 is 39.2 Å². The van der Waals surface area contributed by atoms with Gasteiger partial charge in [0.1, 0.15) is 5.69 Å². The van der Waals surface area contributed by atoms with Gasteiger partial charge in [-0.1, -0.05) is 28.1 Å². The van der Waals surface area contributed by atoms with Crippen LogP contribution in [0.25, 0.3) is 0 Å². The van der Waals surface area contributed by atoms with Crippen LogP contribution in [-0.2, 0) is 9.53 Å². The lowest BCUT2D eigenvalue weighted by Gasteiger charge is -2.07. The molecule has 0 saturated carbocycles. The number of esters is 1. The van der Waals surface area contributed by atoms with Crippen LogP contribution in [0.2, 0.25) is 0 Å². The maximum atomic E-state index is 11.8. The summed E-state index contributed by atoms with van der Waals surface area (Å²) in [6.45, 7) is -0.541. The van der Waals surface area contributed by atoms with Crippen molar-refractivity contribution in [2.45, 2.75) is 0 Å². The molecule has 0 heterocycles. The number of nitrogens with one attached hydrogen (secondary N) is 1. The zero-order chi connectivity index (χ0) is 16.8. The zero-order valence-corrected chi connectivity index (χ0v) is 13.3. The molecule has 0 unspecified atom stereocenters. The third-order valence-electron chi connectivity index (χ3n) is 2.79. The minimum atomic E-state index is -0.662. The minimum Gasteiger partial charge on any atom is -0.452 e. The van der Waals surface area contributed by atoms with Crippen LogP contribution < -0.4 is 5.32 Å². The number of carbonyl (C=O) groups is 2. The van der Waals surface area contributed by atoms with E-state index in [1.54, 1.807) is 30.3 Å². The number of hydrogen-bond acceptors (Lipinski definition) is 5. The molecule has 0 atom stereocenters. The quantitative estimate of drug-likeness (QED) is 0.489. The van der Waals surface area contributed by atoms with E-state index in [2.05, 4.69) is 21.2 Å². The maximum absolute atomic E-state index is 11.8. The number of rotatable bonds is 5. The van der Waals surface area contributed by atoms with Gasteiger partial charge >= 0.3 is 5.97 Å². The molecule has 2 aromatic carbocycles. The average molecular weight is 379 g/mol. The Bertz CT molecular complexity index is 746. The number of ether oxygens (including phenoxy) is 1. The summed E-state index contributed by atoms with van der Waals surface area (Å²) < 4.78 is 5.67. The van der Waals surface area contributed by atoms with Crippen molar-refractivity contribution in [2.24, 2.45) is 0 Å². The van der Waals surface area contributed by atoms with E-state index in [-0.39, 0.29) is 11.4 Å². The average Bonchev–Trinajstić information content (AvgIpc) is 2.53. The van der Waals surface area contributed by atoms with Crippen LogP contribution in [0, 0.1) is 10.1 Å². The number of amides is 1. The standard InChI is InChI=1S/C15H11BrN2O5/c16-11-7-5-10(6-8-11)15(20)23-9-14(19)17-12-3-1-2-4-13(12)18(21)22/h1-8H,9H2,(H,17,19). The summed E-state index contributed by atoms with van der Waals surface area (Å²) in [7, 11) is 0. The normalized spacial score (nSPS) is 9.96. The molecular formula is C15H11BrN2O5. The molecule has 0 radical (unpaired) electrons. The fraction of sp³-hybridized carbons (Fsp3) is 0.0667. The Morgan fingerprint density at radius 2 is 1.78 bits per heavy atom. The van der Waals surface area contributed by atoms with E-state index in [0.29, 0.717) is 5.56 Å². The monoisotopic (exact) mass is 378 g/mol. The molecule has 0 spiro atoms. The Labute approximate surface area is 139 Å². The van der Waals surface area contributed by atoms with Gasteiger partial charge in [-0.25, -0.2) is 4.79 Å². The number of nitro benzene ring substituents is 1. The van der Waals surface area contributed by atoms with Crippen LogP contribution in [0.4, 0.5) is 11.4 Å². The van der Waals surface area contributed by atoms with Crippen LogP contribution >= 0.6 is 15.9 Å². The topological polar surface area (TPSA) is 98.5 Å². The van der Waals surface area contributed by atoms with E-state index < -0.39 is 23.4 Å². The smallest absolute Gasteiger partial charge is 0.338 e. The van der Waals surface area contributed by atoms with Crippen LogP contribution in [0.1, 0.15) is 10.4 Å². The highest BCUT2D eigenvalue weighted by Crippen LogP contribution is 2.22. The van der Waals surface area contributed by atoms with Crippen LogP contribution in [0.15, 0.2) is 53.0 Å². The number of benzene rings is 2. The minimum absolute atomic E-state index is 0.0437. The lowest BCUT2D eigenvalue weighted by atomic mass is 10.2. The van der Waals surface area contributed by atoms with Crippen LogP contribution in [0.5, 0.6) is 0 Å². The van der Waals surface area contributed by atoms with E-state index >= 15 is 0 Å². The molecule has 23 heavy (non-hydrogen) atoms. The molecule has 7 nitrogen and oxygen atoms in total. The molecule has 0 aliphatic carbocycles. The lowest BCUT2D eigenvalue weighted by Crippen LogP contribution is -2.21. The maximum Gasteiger partial charge on any atom is 0.338 e. The number of carbonyl (C=O) groups excluding carboxylic acids is 2. The summed E-state index contributed by atoms with van der Waals surface area (Å²) in [6.07, 6.45) is 0. The van der Waals surface area contributed by atoms with Gasteiger partial charge in [0, 0.05) is 10.5 Å². The Balaban J connectivity index is 1.94. The predicted molar refractivity (Wildman–Crippen MR) is 86.2 cm³/mol. The van der Waals surface area contributed by atoms with Crippen molar-refractivity contribution in [3.63, 3.8) is 0 Å². The number of nitrogens with zero attached hydrogens (tertiary/aromatic N) is 1. The number of halogens is 1. The fourth-order valence-corrected chi connectivity index (χ4v) is 1.99. The van der Waals surface area contributed by atoms with Crippen LogP contribution in [-0.4, -0.2) is 23.4 Å². The molecule has 0 aromatic heterocycles. The summed E-state index contributed by atoms with van der Waals surface area (Å²) in [6, 6.07) is 12.1. The molecule has 0 bridgehead atoms. The third kappa shape index (κ3) is 4.62. The SMILES string of the molecule is O=C(COC(=O)c1ccc(Br)cc1)Nc1ccccc1[N+](=O)[O-]. The molecule has 0 aliphatic rings. The Hall–Kier alpha value is -2.74.